The molecular formula is C22H19F2N5O2. The Morgan fingerprint density at radius 2 is 1.90 bits per heavy atom. The maximum atomic E-state index is 14.4. The van der Waals surface area contributed by atoms with E-state index < -0.39 is 17.5 Å². The summed E-state index contributed by atoms with van der Waals surface area (Å²) in [7, 11) is 0. The van der Waals surface area contributed by atoms with E-state index in [4.69, 9.17) is 10.5 Å². The molecule has 1 aliphatic rings. The summed E-state index contributed by atoms with van der Waals surface area (Å²) in [4.78, 5) is 22.9. The molecule has 0 atom stereocenters. The molecule has 2 aromatic heterocycles. The summed E-state index contributed by atoms with van der Waals surface area (Å²) in [6, 6.07) is 7.94. The molecule has 0 spiro atoms. The lowest BCUT2D eigenvalue weighted by Crippen LogP contribution is -2.36. The second kappa shape index (κ2) is 7.28. The van der Waals surface area contributed by atoms with Crippen LogP contribution in [0.3, 0.4) is 0 Å². The van der Waals surface area contributed by atoms with Crippen molar-refractivity contribution in [2.75, 3.05) is 31.2 Å². The highest BCUT2D eigenvalue weighted by Crippen LogP contribution is 2.32. The van der Waals surface area contributed by atoms with Crippen LogP contribution in [0.4, 0.5) is 14.5 Å². The number of aryl methyl sites for hydroxylation is 1. The first-order valence-electron chi connectivity index (χ1n) is 9.84. The molecule has 3 heterocycles. The normalized spacial score (nSPS) is 14.5. The maximum Gasteiger partial charge on any atom is 0.251 e. The number of nitrogens with zero attached hydrogens (tertiary/aromatic N) is 4. The number of pyridine rings is 1. The third-order valence-electron chi connectivity index (χ3n) is 5.58. The Morgan fingerprint density at radius 3 is 2.65 bits per heavy atom. The Labute approximate surface area is 176 Å². The smallest absolute Gasteiger partial charge is 0.251 e. The van der Waals surface area contributed by atoms with Crippen LogP contribution >= 0.6 is 0 Å². The van der Waals surface area contributed by atoms with Gasteiger partial charge in [0.25, 0.3) is 5.91 Å². The van der Waals surface area contributed by atoms with Crippen molar-refractivity contribution in [3.8, 4) is 5.69 Å². The number of anilines is 1. The van der Waals surface area contributed by atoms with Crippen molar-refractivity contribution in [2.45, 2.75) is 6.92 Å². The molecule has 1 saturated heterocycles. The van der Waals surface area contributed by atoms with E-state index in [0.717, 1.165) is 11.8 Å². The number of benzene rings is 2. The zero-order valence-electron chi connectivity index (χ0n) is 16.7. The van der Waals surface area contributed by atoms with E-state index in [0.29, 0.717) is 59.8 Å². The first-order valence-corrected chi connectivity index (χ1v) is 9.84. The van der Waals surface area contributed by atoms with Crippen molar-refractivity contribution in [2.24, 2.45) is 5.73 Å². The Balaban J connectivity index is 1.81. The highest BCUT2D eigenvalue weighted by molar-refractivity contribution is 6.06. The van der Waals surface area contributed by atoms with Gasteiger partial charge in [0.05, 0.1) is 30.0 Å². The molecule has 5 rings (SSSR count). The molecule has 0 saturated carbocycles. The quantitative estimate of drug-likeness (QED) is 0.547. The maximum absolute atomic E-state index is 14.4. The van der Waals surface area contributed by atoms with Gasteiger partial charge in [-0.05, 0) is 37.3 Å². The summed E-state index contributed by atoms with van der Waals surface area (Å²) in [6.07, 6.45) is 1.42. The van der Waals surface area contributed by atoms with Crippen molar-refractivity contribution in [3.63, 3.8) is 0 Å². The van der Waals surface area contributed by atoms with Crippen LogP contribution in [-0.4, -0.2) is 46.7 Å². The molecule has 0 radical (unpaired) electrons. The average molecular weight is 423 g/mol. The molecular weight excluding hydrogens is 404 g/mol. The van der Waals surface area contributed by atoms with Crippen molar-refractivity contribution >= 4 is 33.5 Å². The molecule has 1 fully saturated rings. The molecule has 1 aliphatic heterocycles. The number of hydrogen-bond donors (Lipinski definition) is 1. The van der Waals surface area contributed by atoms with E-state index in [9.17, 15) is 13.6 Å². The second-order valence-electron chi connectivity index (χ2n) is 7.41. The standard InChI is InChI=1S/C22H19F2N5O2/c1-12-27-20-15(22(25)30)10-13(28-6-8-31-9-7-28)11-18(20)29(12)17-4-5-26-21-14(17)2-3-16(23)19(21)24/h2-5,10-11H,6-9H2,1H3,(H2,25,30). The molecule has 2 N–H and O–H groups in total. The van der Waals surface area contributed by atoms with Gasteiger partial charge in [0.1, 0.15) is 16.9 Å². The predicted octanol–water partition coefficient (Wildman–Crippen LogP) is 3.10. The highest BCUT2D eigenvalue weighted by atomic mass is 19.2. The van der Waals surface area contributed by atoms with E-state index in [-0.39, 0.29) is 5.52 Å². The molecule has 1 amide bonds. The summed E-state index contributed by atoms with van der Waals surface area (Å²) in [5.41, 5.74) is 8.40. The highest BCUT2D eigenvalue weighted by Gasteiger charge is 2.22. The van der Waals surface area contributed by atoms with E-state index >= 15 is 0 Å². The van der Waals surface area contributed by atoms with Crippen LogP contribution in [-0.2, 0) is 4.74 Å². The number of ether oxygens (including phenoxy) is 1. The van der Waals surface area contributed by atoms with E-state index in [1.807, 2.05) is 10.6 Å². The number of imidazole rings is 1. The number of amides is 1. The Bertz CT molecular complexity index is 1350. The molecule has 7 nitrogen and oxygen atoms in total. The lowest BCUT2D eigenvalue weighted by atomic mass is 10.1. The summed E-state index contributed by atoms with van der Waals surface area (Å²) in [5, 5.41) is 0.432. The van der Waals surface area contributed by atoms with Crippen molar-refractivity contribution in [1.82, 2.24) is 14.5 Å². The third-order valence-corrected chi connectivity index (χ3v) is 5.58. The fourth-order valence-electron chi connectivity index (χ4n) is 4.11. The van der Waals surface area contributed by atoms with Crippen LogP contribution in [0, 0.1) is 18.6 Å². The number of fused-ring (bicyclic) bond motifs is 2. The fraction of sp³-hybridized carbons (Fsp3) is 0.227. The molecule has 158 valence electrons. The van der Waals surface area contributed by atoms with Crippen LogP contribution in [0.15, 0.2) is 36.5 Å². The molecule has 4 aromatic rings. The summed E-state index contributed by atoms with van der Waals surface area (Å²) >= 11 is 0. The van der Waals surface area contributed by atoms with Crippen LogP contribution in [0.25, 0.3) is 27.6 Å². The van der Waals surface area contributed by atoms with Crippen LogP contribution in [0.5, 0.6) is 0 Å². The summed E-state index contributed by atoms with van der Waals surface area (Å²) in [5.74, 6) is -1.98. The number of nitrogens with two attached hydrogens (primary N) is 1. The first-order chi connectivity index (χ1) is 15.0. The first kappa shape index (κ1) is 19.4. The lowest BCUT2D eigenvalue weighted by Gasteiger charge is -2.29. The second-order valence-corrected chi connectivity index (χ2v) is 7.41. The largest absolute Gasteiger partial charge is 0.378 e. The minimum atomic E-state index is -1.01. The zero-order valence-corrected chi connectivity index (χ0v) is 16.7. The molecule has 0 unspecified atom stereocenters. The summed E-state index contributed by atoms with van der Waals surface area (Å²) in [6.45, 7) is 4.31. The van der Waals surface area contributed by atoms with Gasteiger partial charge in [-0.25, -0.2) is 13.8 Å². The number of carbonyl (C=O) groups excluding carboxylic acids is 1. The zero-order chi connectivity index (χ0) is 21.7. The number of hydrogen-bond acceptors (Lipinski definition) is 5. The van der Waals surface area contributed by atoms with Crippen molar-refractivity contribution in [3.05, 3.63) is 59.6 Å². The number of aromatic nitrogens is 3. The van der Waals surface area contributed by atoms with E-state index in [1.54, 1.807) is 19.1 Å². The Morgan fingerprint density at radius 1 is 1.13 bits per heavy atom. The van der Waals surface area contributed by atoms with Gasteiger partial charge in [-0.1, -0.05) is 0 Å². The number of carbonyl (C=O) groups is 1. The van der Waals surface area contributed by atoms with Crippen molar-refractivity contribution < 1.29 is 18.3 Å². The van der Waals surface area contributed by atoms with E-state index in [2.05, 4.69) is 14.9 Å². The predicted molar refractivity (Wildman–Crippen MR) is 113 cm³/mol. The molecule has 0 aliphatic carbocycles. The molecule has 31 heavy (non-hydrogen) atoms. The number of morpholine rings is 1. The Kier molecular flexibility index (Phi) is 4.55. The number of rotatable bonds is 3. The lowest BCUT2D eigenvalue weighted by molar-refractivity contribution is 0.100. The van der Waals surface area contributed by atoms with Gasteiger partial charge in [-0.2, -0.15) is 0 Å². The van der Waals surface area contributed by atoms with Crippen molar-refractivity contribution in [1.29, 1.82) is 0 Å². The minimum Gasteiger partial charge on any atom is -0.378 e. The summed E-state index contributed by atoms with van der Waals surface area (Å²) < 4.78 is 35.4. The molecule has 2 aromatic carbocycles. The Hall–Kier alpha value is -3.59. The fourth-order valence-corrected chi connectivity index (χ4v) is 4.11. The van der Waals surface area contributed by atoms with Gasteiger partial charge < -0.3 is 15.4 Å². The average Bonchev–Trinajstić information content (AvgIpc) is 3.11. The van der Waals surface area contributed by atoms with Gasteiger partial charge >= 0.3 is 0 Å². The SMILES string of the molecule is Cc1nc2c(C(N)=O)cc(N3CCOCC3)cc2n1-c1ccnc2c(F)c(F)ccc12. The van der Waals surface area contributed by atoms with Crippen LogP contribution in [0.2, 0.25) is 0 Å². The van der Waals surface area contributed by atoms with E-state index in [1.165, 1.54) is 12.3 Å². The van der Waals surface area contributed by atoms with Gasteiger partial charge in [0, 0.05) is 30.4 Å². The number of primary amides is 1. The van der Waals surface area contributed by atoms with Gasteiger partial charge in [-0.3, -0.25) is 14.3 Å². The van der Waals surface area contributed by atoms with Gasteiger partial charge in [-0.15, -0.1) is 0 Å². The van der Waals surface area contributed by atoms with Gasteiger partial charge in [0.15, 0.2) is 11.6 Å². The third kappa shape index (κ3) is 3.09. The van der Waals surface area contributed by atoms with Crippen LogP contribution in [0.1, 0.15) is 16.2 Å². The van der Waals surface area contributed by atoms with Gasteiger partial charge in [0.2, 0.25) is 0 Å². The molecule has 9 heteroatoms. The topological polar surface area (TPSA) is 86.3 Å². The minimum absolute atomic E-state index is 0.0711. The molecule has 0 bridgehead atoms. The monoisotopic (exact) mass is 423 g/mol. The number of halogens is 2. The van der Waals surface area contributed by atoms with Crippen LogP contribution < -0.4 is 10.6 Å².